The first-order valence-corrected chi connectivity index (χ1v) is 6.65. The molecule has 3 heteroatoms. The van der Waals surface area contributed by atoms with Gasteiger partial charge in [0.2, 0.25) is 0 Å². The number of likely N-dealkylation sites (N-methyl/N-ethyl adjacent to an activating group) is 1. The van der Waals surface area contributed by atoms with Crippen LogP contribution < -0.4 is 4.74 Å². The van der Waals surface area contributed by atoms with Crippen molar-refractivity contribution in [3.63, 3.8) is 0 Å². The second-order valence-electron chi connectivity index (χ2n) is 4.28. The summed E-state index contributed by atoms with van der Waals surface area (Å²) >= 11 is 5.69. The number of unbranched alkanes of at least 4 members (excludes halogenated alkanes) is 2. The molecule has 0 spiro atoms. The van der Waals surface area contributed by atoms with Crippen LogP contribution in [-0.4, -0.2) is 24.6 Å². The molecule has 0 radical (unpaired) electrons. The molecule has 0 bridgehead atoms. The van der Waals surface area contributed by atoms with E-state index in [2.05, 4.69) is 19.1 Å². The molecule has 1 aromatic carbocycles. The van der Waals surface area contributed by atoms with Gasteiger partial charge in [0, 0.05) is 13.6 Å². The van der Waals surface area contributed by atoms with Crippen molar-refractivity contribution >= 4 is 11.8 Å². The molecule has 0 saturated carbocycles. The van der Waals surface area contributed by atoms with Crippen molar-refractivity contribution in [2.24, 2.45) is 0 Å². The van der Waals surface area contributed by atoms with Crippen LogP contribution in [0.5, 0.6) is 5.75 Å². The zero-order valence-corrected chi connectivity index (χ0v) is 11.5. The van der Waals surface area contributed by atoms with E-state index in [9.17, 15) is 0 Å². The Morgan fingerprint density at radius 2 is 1.88 bits per heavy atom. The third-order valence-electron chi connectivity index (χ3n) is 2.66. The van der Waals surface area contributed by atoms with Gasteiger partial charge < -0.3 is 4.74 Å². The van der Waals surface area contributed by atoms with Crippen LogP contribution in [0.4, 0.5) is 0 Å². The maximum atomic E-state index is 5.69. The molecule has 0 aliphatic heterocycles. The number of rotatable bonds is 8. The molecule has 0 fully saturated rings. The first-order chi connectivity index (χ1) is 8.22. The minimum absolute atomic E-state index is 0.620. The number of halogens is 1. The molecule has 96 valence electrons. The van der Waals surface area contributed by atoms with Crippen molar-refractivity contribution in [3.05, 3.63) is 29.8 Å². The van der Waals surface area contributed by atoms with Crippen molar-refractivity contribution in [1.29, 1.82) is 0 Å². The molecule has 1 rings (SSSR count). The highest BCUT2D eigenvalue weighted by Gasteiger charge is 1.97. The average molecular weight is 256 g/mol. The monoisotopic (exact) mass is 255 g/mol. The largest absolute Gasteiger partial charge is 0.492 e. The van der Waals surface area contributed by atoms with Gasteiger partial charge in [-0.15, -0.1) is 0 Å². The van der Waals surface area contributed by atoms with Crippen molar-refractivity contribution < 1.29 is 4.74 Å². The number of nitrogens with zero attached hydrogens (tertiary/aromatic N) is 1. The zero-order valence-electron chi connectivity index (χ0n) is 10.8. The van der Waals surface area contributed by atoms with Gasteiger partial charge in [0.05, 0.1) is 0 Å². The maximum absolute atomic E-state index is 5.69. The van der Waals surface area contributed by atoms with E-state index in [-0.39, 0.29) is 0 Å². The van der Waals surface area contributed by atoms with Crippen molar-refractivity contribution in [2.45, 2.75) is 32.6 Å². The van der Waals surface area contributed by atoms with Crippen molar-refractivity contribution in [3.8, 4) is 5.75 Å². The van der Waals surface area contributed by atoms with E-state index in [0.29, 0.717) is 6.61 Å². The normalized spacial score (nSPS) is 10.8. The third kappa shape index (κ3) is 6.54. The molecule has 0 aromatic heterocycles. The summed E-state index contributed by atoms with van der Waals surface area (Å²) in [4.78, 5) is 0. The van der Waals surface area contributed by atoms with Crippen LogP contribution in [0.1, 0.15) is 31.7 Å². The molecule has 0 saturated heterocycles. The number of hydrogen-bond donors (Lipinski definition) is 0. The Kier molecular flexibility index (Phi) is 7.06. The Labute approximate surface area is 110 Å². The summed E-state index contributed by atoms with van der Waals surface area (Å²) in [5.41, 5.74) is 1.39. The molecular weight excluding hydrogens is 234 g/mol. The first-order valence-electron chi connectivity index (χ1n) is 6.31. The summed E-state index contributed by atoms with van der Waals surface area (Å²) in [5, 5.41) is 0. The molecule has 0 aliphatic rings. The molecule has 0 heterocycles. The van der Waals surface area contributed by atoms with Gasteiger partial charge in [-0.2, -0.15) is 0 Å². The third-order valence-corrected chi connectivity index (χ3v) is 2.83. The van der Waals surface area contributed by atoms with Gasteiger partial charge in [0.1, 0.15) is 12.4 Å². The Morgan fingerprint density at radius 3 is 2.47 bits per heavy atom. The highest BCUT2D eigenvalue weighted by atomic mass is 35.5. The van der Waals surface area contributed by atoms with E-state index in [1.54, 1.807) is 4.42 Å². The van der Waals surface area contributed by atoms with Crippen LogP contribution >= 0.6 is 11.8 Å². The summed E-state index contributed by atoms with van der Waals surface area (Å²) in [5.74, 6) is 0.919. The fourth-order valence-electron chi connectivity index (χ4n) is 1.62. The van der Waals surface area contributed by atoms with Crippen LogP contribution in [0.2, 0.25) is 0 Å². The van der Waals surface area contributed by atoms with Gasteiger partial charge in [-0.3, -0.25) is 0 Å². The molecular formula is C14H22ClNO. The van der Waals surface area contributed by atoms with E-state index in [0.717, 1.165) is 12.3 Å². The molecule has 1 aromatic rings. The van der Waals surface area contributed by atoms with E-state index < -0.39 is 0 Å². The highest BCUT2D eigenvalue weighted by Crippen LogP contribution is 2.14. The van der Waals surface area contributed by atoms with E-state index in [1.807, 2.05) is 19.2 Å². The smallest absolute Gasteiger partial charge is 0.119 e. The lowest BCUT2D eigenvalue weighted by atomic mass is 10.1. The van der Waals surface area contributed by atoms with Gasteiger partial charge in [-0.1, -0.05) is 31.9 Å². The summed E-state index contributed by atoms with van der Waals surface area (Å²) in [6.45, 7) is 3.57. The molecule has 0 unspecified atom stereocenters. The molecule has 17 heavy (non-hydrogen) atoms. The second kappa shape index (κ2) is 8.37. The Hall–Kier alpha value is -0.730. The topological polar surface area (TPSA) is 12.5 Å². The summed E-state index contributed by atoms with van der Waals surface area (Å²) in [7, 11) is 1.82. The van der Waals surface area contributed by atoms with Gasteiger partial charge >= 0.3 is 0 Å². The lowest BCUT2D eigenvalue weighted by molar-refractivity contribution is 0.291. The Bertz CT molecular complexity index is 298. The Balaban J connectivity index is 2.29. The lowest BCUT2D eigenvalue weighted by Crippen LogP contribution is -2.14. The fraction of sp³-hybridized carbons (Fsp3) is 0.571. The predicted octanol–water partition coefficient (Wildman–Crippen LogP) is 3.88. The van der Waals surface area contributed by atoms with Crippen LogP contribution in [-0.2, 0) is 6.42 Å². The number of aryl methyl sites for hydroxylation is 1. The van der Waals surface area contributed by atoms with Crippen LogP contribution in [0.15, 0.2) is 24.3 Å². The SMILES string of the molecule is CCCCCc1ccc(OCCN(C)Cl)cc1. The Morgan fingerprint density at radius 1 is 1.18 bits per heavy atom. The average Bonchev–Trinajstić information content (AvgIpc) is 2.31. The van der Waals surface area contributed by atoms with Gasteiger partial charge in [0.25, 0.3) is 0 Å². The maximum Gasteiger partial charge on any atom is 0.119 e. The minimum Gasteiger partial charge on any atom is -0.492 e. The number of ether oxygens (including phenoxy) is 1. The van der Waals surface area contributed by atoms with Crippen LogP contribution in [0.25, 0.3) is 0 Å². The zero-order chi connectivity index (χ0) is 12.5. The van der Waals surface area contributed by atoms with Crippen LogP contribution in [0.3, 0.4) is 0 Å². The van der Waals surface area contributed by atoms with Crippen LogP contribution in [0, 0.1) is 0 Å². The van der Waals surface area contributed by atoms with Crippen molar-refractivity contribution in [2.75, 3.05) is 20.2 Å². The minimum atomic E-state index is 0.620. The van der Waals surface area contributed by atoms with E-state index in [4.69, 9.17) is 16.5 Å². The summed E-state index contributed by atoms with van der Waals surface area (Å²) < 4.78 is 7.17. The number of benzene rings is 1. The lowest BCUT2D eigenvalue weighted by Gasteiger charge is -2.09. The van der Waals surface area contributed by atoms with Crippen molar-refractivity contribution in [1.82, 2.24) is 4.42 Å². The van der Waals surface area contributed by atoms with E-state index >= 15 is 0 Å². The standard InChI is InChI=1S/C14H22ClNO/c1-3-4-5-6-13-7-9-14(10-8-13)17-12-11-16(2)15/h7-10H,3-6,11-12H2,1-2H3. The fourth-order valence-corrected chi connectivity index (χ4v) is 1.69. The molecule has 0 aliphatic carbocycles. The summed E-state index contributed by atoms with van der Waals surface area (Å²) in [6, 6.07) is 8.37. The highest BCUT2D eigenvalue weighted by molar-refractivity contribution is 6.13. The molecule has 0 amide bonds. The summed E-state index contributed by atoms with van der Waals surface area (Å²) in [6.07, 6.45) is 5.01. The first kappa shape index (κ1) is 14.3. The number of hydrogen-bond acceptors (Lipinski definition) is 2. The van der Waals surface area contributed by atoms with Gasteiger partial charge in [0.15, 0.2) is 0 Å². The second-order valence-corrected chi connectivity index (χ2v) is 4.86. The van der Waals surface area contributed by atoms with Gasteiger partial charge in [-0.05, 0) is 42.3 Å². The molecule has 2 nitrogen and oxygen atoms in total. The molecule has 0 atom stereocenters. The quantitative estimate of drug-likeness (QED) is 0.516. The van der Waals surface area contributed by atoms with E-state index in [1.165, 1.54) is 31.2 Å². The van der Waals surface area contributed by atoms with Gasteiger partial charge in [-0.25, -0.2) is 4.42 Å². The molecule has 0 N–H and O–H groups in total. The predicted molar refractivity (Wildman–Crippen MR) is 73.6 cm³/mol.